The van der Waals surface area contributed by atoms with Crippen molar-refractivity contribution in [2.45, 2.75) is 17.7 Å². The van der Waals surface area contributed by atoms with Crippen molar-refractivity contribution in [1.82, 2.24) is 10.2 Å². The molecule has 7 nitrogen and oxygen atoms in total. The first-order valence-electron chi connectivity index (χ1n) is 9.33. The van der Waals surface area contributed by atoms with Crippen LogP contribution in [0.25, 0.3) is 0 Å². The van der Waals surface area contributed by atoms with Gasteiger partial charge in [-0.05, 0) is 55.3 Å². The van der Waals surface area contributed by atoms with E-state index >= 15 is 0 Å². The smallest absolute Gasteiger partial charge is 0.264 e. The van der Waals surface area contributed by atoms with E-state index in [-0.39, 0.29) is 5.69 Å². The lowest BCUT2D eigenvalue weighted by Crippen LogP contribution is -2.18. The van der Waals surface area contributed by atoms with Crippen LogP contribution < -0.4 is 14.9 Å². The monoisotopic (exact) mass is 431 g/mol. The summed E-state index contributed by atoms with van der Waals surface area (Å²) in [5, 5.41) is 11.2. The molecule has 10 heteroatoms. The van der Waals surface area contributed by atoms with Crippen LogP contribution in [-0.2, 0) is 10.0 Å². The minimum Gasteiger partial charge on any atom is -0.370 e. The first-order valence-corrected chi connectivity index (χ1v) is 10.8. The SMILES string of the molecule is O=S(=O)(Nc1ccc(Nc2cc(N3CCCC3)cnn2)cc1)c1cc(F)ccc1F. The van der Waals surface area contributed by atoms with E-state index in [9.17, 15) is 17.2 Å². The van der Waals surface area contributed by atoms with E-state index in [1.165, 1.54) is 12.1 Å². The summed E-state index contributed by atoms with van der Waals surface area (Å²) < 4.78 is 54.1. The average molecular weight is 431 g/mol. The predicted octanol–water partition coefficient (Wildman–Crippen LogP) is 3.90. The van der Waals surface area contributed by atoms with Gasteiger partial charge in [0.05, 0.1) is 11.9 Å². The van der Waals surface area contributed by atoms with E-state index < -0.39 is 26.6 Å². The van der Waals surface area contributed by atoms with Gasteiger partial charge in [-0.25, -0.2) is 17.2 Å². The van der Waals surface area contributed by atoms with Gasteiger partial charge in [0.25, 0.3) is 10.0 Å². The molecule has 0 radical (unpaired) electrons. The van der Waals surface area contributed by atoms with Crippen LogP contribution in [0.4, 0.5) is 31.7 Å². The van der Waals surface area contributed by atoms with Crippen molar-refractivity contribution in [3.63, 3.8) is 0 Å². The summed E-state index contributed by atoms with van der Waals surface area (Å²) in [6.07, 6.45) is 4.03. The molecule has 156 valence electrons. The van der Waals surface area contributed by atoms with Crippen LogP contribution in [-0.4, -0.2) is 31.7 Å². The highest BCUT2D eigenvalue weighted by Crippen LogP contribution is 2.25. The Morgan fingerprint density at radius 1 is 0.933 bits per heavy atom. The van der Waals surface area contributed by atoms with Crippen molar-refractivity contribution in [3.8, 4) is 0 Å². The fourth-order valence-corrected chi connectivity index (χ4v) is 4.38. The molecule has 2 heterocycles. The fourth-order valence-electron chi connectivity index (χ4n) is 3.23. The van der Waals surface area contributed by atoms with Gasteiger partial charge in [-0.1, -0.05) is 0 Å². The summed E-state index contributed by atoms with van der Waals surface area (Å²) >= 11 is 0. The lowest BCUT2D eigenvalue weighted by molar-refractivity contribution is 0.555. The van der Waals surface area contributed by atoms with Gasteiger partial charge in [0, 0.05) is 30.5 Å². The number of nitrogens with one attached hydrogen (secondary N) is 2. The predicted molar refractivity (Wildman–Crippen MR) is 110 cm³/mol. The molecule has 0 aliphatic carbocycles. The Kier molecular flexibility index (Phi) is 5.49. The Bertz CT molecular complexity index is 1150. The summed E-state index contributed by atoms with van der Waals surface area (Å²) in [6, 6.07) is 10.5. The highest BCUT2D eigenvalue weighted by Gasteiger charge is 2.20. The second-order valence-electron chi connectivity index (χ2n) is 6.88. The lowest BCUT2D eigenvalue weighted by atomic mass is 10.3. The third-order valence-corrected chi connectivity index (χ3v) is 6.10. The maximum atomic E-state index is 13.8. The molecule has 30 heavy (non-hydrogen) atoms. The van der Waals surface area contributed by atoms with Gasteiger partial charge in [-0.3, -0.25) is 4.72 Å². The van der Waals surface area contributed by atoms with Crippen molar-refractivity contribution in [1.29, 1.82) is 0 Å². The summed E-state index contributed by atoms with van der Waals surface area (Å²) in [4.78, 5) is 1.49. The minimum atomic E-state index is -4.27. The molecule has 1 aliphatic rings. The largest absolute Gasteiger partial charge is 0.370 e. The summed E-state index contributed by atoms with van der Waals surface area (Å²) in [5.41, 5.74) is 1.87. The van der Waals surface area contributed by atoms with Crippen LogP contribution in [0.1, 0.15) is 12.8 Å². The first kappa shape index (κ1) is 20.0. The molecule has 2 aromatic carbocycles. The average Bonchev–Trinajstić information content (AvgIpc) is 3.26. The van der Waals surface area contributed by atoms with Gasteiger partial charge in [0.1, 0.15) is 16.5 Å². The number of sulfonamides is 1. The van der Waals surface area contributed by atoms with E-state index in [0.717, 1.165) is 43.8 Å². The van der Waals surface area contributed by atoms with E-state index in [4.69, 9.17) is 0 Å². The normalized spacial score (nSPS) is 14.0. The molecular formula is C20H19F2N5O2S. The van der Waals surface area contributed by atoms with E-state index in [2.05, 4.69) is 25.1 Å². The highest BCUT2D eigenvalue weighted by molar-refractivity contribution is 7.92. The van der Waals surface area contributed by atoms with E-state index in [1.54, 1.807) is 18.3 Å². The number of hydrogen-bond acceptors (Lipinski definition) is 6. The van der Waals surface area contributed by atoms with Crippen LogP contribution in [0.2, 0.25) is 0 Å². The first-order chi connectivity index (χ1) is 14.4. The number of nitrogens with zero attached hydrogens (tertiary/aromatic N) is 3. The molecule has 0 amide bonds. The second kappa shape index (κ2) is 8.23. The van der Waals surface area contributed by atoms with Crippen molar-refractivity contribution in [2.24, 2.45) is 0 Å². The van der Waals surface area contributed by atoms with Gasteiger partial charge >= 0.3 is 0 Å². The van der Waals surface area contributed by atoms with Gasteiger partial charge in [-0.15, -0.1) is 5.10 Å². The molecule has 0 bridgehead atoms. The zero-order chi connectivity index (χ0) is 21.1. The maximum Gasteiger partial charge on any atom is 0.264 e. The van der Waals surface area contributed by atoms with Crippen LogP contribution in [0, 0.1) is 11.6 Å². The summed E-state index contributed by atoms with van der Waals surface area (Å²) in [7, 11) is -4.27. The van der Waals surface area contributed by atoms with Gasteiger partial charge in [0.15, 0.2) is 5.82 Å². The molecule has 2 N–H and O–H groups in total. The maximum absolute atomic E-state index is 13.8. The molecular weight excluding hydrogens is 412 g/mol. The Morgan fingerprint density at radius 3 is 2.37 bits per heavy atom. The number of hydrogen-bond donors (Lipinski definition) is 2. The second-order valence-corrected chi connectivity index (χ2v) is 8.53. The quantitative estimate of drug-likeness (QED) is 0.616. The fraction of sp³-hybridized carbons (Fsp3) is 0.200. The van der Waals surface area contributed by atoms with Gasteiger partial charge in [-0.2, -0.15) is 5.10 Å². The van der Waals surface area contributed by atoms with Crippen LogP contribution in [0.3, 0.4) is 0 Å². The molecule has 1 aliphatic heterocycles. The Labute approximate surface area is 172 Å². The number of rotatable bonds is 6. The number of aromatic nitrogens is 2. The van der Waals surface area contributed by atoms with Crippen molar-refractivity contribution in [2.75, 3.05) is 28.0 Å². The molecule has 1 fully saturated rings. The zero-order valence-corrected chi connectivity index (χ0v) is 16.7. The molecule has 0 atom stereocenters. The van der Waals surface area contributed by atoms with Gasteiger partial charge < -0.3 is 10.2 Å². The van der Waals surface area contributed by atoms with Crippen molar-refractivity contribution in [3.05, 3.63) is 66.4 Å². The molecule has 1 aromatic heterocycles. The molecule has 0 saturated carbocycles. The van der Waals surface area contributed by atoms with E-state index in [1.807, 2.05) is 6.07 Å². The highest BCUT2D eigenvalue weighted by atomic mass is 32.2. The number of halogens is 2. The molecule has 0 unspecified atom stereocenters. The van der Waals surface area contributed by atoms with Crippen LogP contribution in [0.15, 0.2) is 59.6 Å². The molecule has 1 saturated heterocycles. The van der Waals surface area contributed by atoms with Crippen molar-refractivity contribution >= 4 is 32.9 Å². The van der Waals surface area contributed by atoms with Crippen LogP contribution >= 0.6 is 0 Å². The Morgan fingerprint density at radius 2 is 1.63 bits per heavy atom. The summed E-state index contributed by atoms with van der Waals surface area (Å²) in [5.74, 6) is -1.30. The zero-order valence-electron chi connectivity index (χ0n) is 15.8. The lowest BCUT2D eigenvalue weighted by Gasteiger charge is -2.17. The molecule has 3 aromatic rings. The molecule has 0 spiro atoms. The number of benzene rings is 2. The third-order valence-electron chi connectivity index (χ3n) is 4.70. The minimum absolute atomic E-state index is 0.209. The Hall–Kier alpha value is -3.27. The standard InChI is InChI=1S/C20H19F2N5O2S/c21-14-3-8-18(22)19(11-14)30(28,29)26-16-6-4-15(5-7-16)24-20-12-17(13-23-25-20)27-9-1-2-10-27/h3-8,11-13,26H,1-2,9-10H2,(H,24,25). The molecule has 4 rings (SSSR count). The summed E-state index contributed by atoms with van der Waals surface area (Å²) in [6.45, 7) is 1.98. The van der Waals surface area contributed by atoms with E-state index in [0.29, 0.717) is 17.6 Å². The van der Waals surface area contributed by atoms with Crippen LogP contribution in [0.5, 0.6) is 0 Å². The third kappa shape index (κ3) is 4.48. The number of anilines is 4. The topological polar surface area (TPSA) is 87.2 Å². The van der Waals surface area contributed by atoms with Gasteiger partial charge in [0.2, 0.25) is 0 Å². The van der Waals surface area contributed by atoms with Crippen molar-refractivity contribution < 1.29 is 17.2 Å². The Balaban J connectivity index is 1.47.